The Hall–Kier alpha value is -1.09. The van der Waals surface area contributed by atoms with Crippen LogP contribution in [0, 0.1) is 0 Å². The summed E-state index contributed by atoms with van der Waals surface area (Å²) in [5.41, 5.74) is 2.53. The highest BCUT2D eigenvalue weighted by molar-refractivity contribution is 9.09. The fourth-order valence-electron chi connectivity index (χ4n) is 2.48. The van der Waals surface area contributed by atoms with Gasteiger partial charge in [-0.1, -0.05) is 60.1 Å². The van der Waals surface area contributed by atoms with Gasteiger partial charge in [0.05, 0.1) is 11.7 Å². The number of halogens is 1. The second-order valence-corrected chi connectivity index (χ2v) is 6.28. The van der Waals surface area contributed by atoms with Crippen LogP contribution in [0.3, 0.4) is 0 Å². The maximum atomic E-state index is 4.71. The van der Waals surface area contributed by atoms with Gasteiger partial charge in [0, 0.05) is 11.0 Å². The molecule has 0 saturated carbocycles. The van der Waals surface area contributed by atoms with E-state index in [-0.39, 0.29) is 0 Å². The highest BCUT2D eigenvalue weighted by atomic mass is 79.9. The highest BCUT2D eigenvalue weighted by Gasteiger charge is 2.10. The van der Waals surface area contributed by atoms with Gasteiger partial charge in [-0.05, 0) is 37.3 Å². The van der Waals surface area contributed by atoms with Gasteiger partial charge in [-0.25, -0.2) is 0 Å². The molecule has 2 aromatic rings. The van der Waals surface area contributed by atoms with E-state index in [1.165, 1.54) is 11.3 Å². The normalized spacial score (nSPS) is 12.8. The van der Waals surface area contributed by atoms with Crippen molar-refractivity contribution >= 4 is 15.9 Å². The van der Waals surface area contributed by atoms with Crippen molar-refractivity contribution in [1.82, 2.24) is 9.78 Å². The van der Waals surface area contributed by atoms with Gasteiger partial charge in [0.15, 0.2) is 0 Å². The minimum atomic E-state index is 0.405. The van der Waals surface area contributed by atoms with Crippen LogP contribution < -0.4 is 0 Å². The molecule has 1 atom stereocenters. The fraction of sp³-hybridized carbons (Fsp3) is 0.471. The lowest BCUT2D eigenvalue weighted by atomic mass is 10.1. The van der Waals surface area contributed by atoms with E-state index < -0.39 is 0 Å². The fourth-order valence-corrected chi connectivity index (χ4v) is 3.01. The molecule has 0 saturated heterocycles. The first-order chi connectivity index (χ1) is 9.74. The Morgan fingerprint density at radius 3 is 2.45 bits per heavy atom. The van der Waals surface area contributed by atoms with Crippen LogP contribution in [-0.2, 0) is 6.42 Å². The molecule has 1 aromatic carbocycles. The SMILES string of the molecule is CCC(CC)n1ccc(CCC(Br)c2ccccc2)n1. The lowest BCUT2D eigenvalue weighted by Gasteiger charge is -2.12. The van der Waals surface area contributed by atoms with Crippen molar-refractivity contribution in [2.75, 3.05) is 0 Å². The molecule has 0 N–H and O–H groups in total. The largest absolute Gasteiger partial charge is 0.269 e. The van der Waals surface area contributed by atoms with E-state index in [9.17, 15) is 0 Å². The van der Waals surface area contributed by atoms with Crippen LogP contribution in [0.1, 0.15) is 55.2 Å². The smallest absolute Gasteiger partial charge is 0.0625 e. The molecule has 0 spiro atoms. The van der Waals surface area contributed by atoms with Gasteiger partial charge >= 0.3 is 0 Å². The van der Waals surface area contributed by atoms with E-state index in [0.717, 1.165) is 25.7 Å². The third-order valence-electron chi connectivity index (χ3n) is 3.80. The van der Waals surface area contributed by atoms with Gasteiger partial charge in [0.25, 0.3) is 0 Å². The van der Waals surface area contributed by atoms with E-state index in [1.807, 2.05) is 0 Å². The Kier molecular flexibility index (Phi) is 5.84. The third-order valence-corrected chi connectivity index (χ3v) is 4.78. The summed E-state index contributed by atoms with van der Waals surface area (Å²) in [6, 6.07) is 13.3. The molecule has 0 bridgehead atoms. The monoisotopic (exact) mass is 334 g/mol. The summed E-state index contributed by atoms with van der Waals surface area (Å²) in [7, 11) is 0. The van der Waals surface area contributed by atoms with E-state index in [0.29, 0.717) is 10.9 Å². The summed E-state index contributed by atoms with van der Waals surface area (Å²) in [6.45, 7) is 4.44. The second-order valence-electron chi connectivity index (χ2n) is 5.17. The number of aromatic nitrogens is 2. The number of hydrogen-bond donors (Lipinski definition) is 0. The van der Waals surface area contributed by atoms with Gasteiger partial charge in [0.1, 0.15) is 0 Å². The van der Waals surface area contributed by atoms with Crippen molar-refractivity contribution in [3.05, 3.63) is 53.9 Å². The standard InChI is InChI=1S/C17H23BrN2/c1-3-16(4-2)20-13-12-15(19-20)10-11-17(18)14-8-6-5-7-9-14/h5-9,12-13,16-17H,3-4,10-11H2,1-2H3. The first kappa shape index (κ1) is 15.3. The molecule has 0 aliphatic carbocycles. The van der Waals surface area contributed by atoms with E-state index in [4.69, 9.17) is 5.10 Å². The van der Waals surface area contributed by atoms with Gasteiger partial charge in [-0.2, -0.15) is 5.10 Å². The van der Waals surface area contributed by atoms with E-state index in [1.54, 1.807) is 0 Å². The molecule has 20 heavy (non-hydrogen) atoms. The van der Waals surface area contributed by atoms with Crippen molar-refractivity contribution in [2.24, 2.45) is 0 Å². The molecule has 0 aliphatic rings. The third kappa shape index (κ3) is 3.95. The second kappa shape index (κ2) is 7.63. The summed E-state index contributed by atoms with van der Waals surface area (Å²) >= 11 is 3.77. The Morgan fingerprint density at radius 1 is 1.10 bits per heavy atom. The van der Waals surface area contributed by atoms with Gasteiger partial charge in [0.2, 0.25) is 0 Å². The number of alkyl halides is 1. The lowest BCUT2D eigenvalue weighted by Crippen LogP contribution is -2.08. The van der Waals surface area contributed by atoms with Crippen LogP contribution in [-0.4, -0.2) is 9.78 Å². The van der Waals surface area contributed by atoms with Gasteiger partial charge < -0.3 is 0 Å². The molecule has 1 unspecified atom stereocenters. The molecule has 0 fully saturated rings. The molecule has 0 amide bonds. The molecule has 2 nitrogen and oxygen atoms in total. The number of rotatable bonds is 7. The number of aryl methyl sites for hydroxylation is 1. The van der Waals surface area contributed by atoms with Crippen molar-refractivity contribution < 1.29 is 0 Å². The predicted molar refractivity (Wildman–Crippen MR) is 88.3 cm³/mol. The minimum absolute atomic E-state index is 0.405. The molecule has 2 rings (SSSR count). The highest BCUT2D eigenvalue weighted by Crippen LogP contribution is 2.27. The molecular formula is C17H23BrN2. The number of nitrogens with zero attached hydrogens (tertiary/aromatic N) is 2. The quantitative estimate of drug-likeness (QED) is 0.627. The average Bonchev–Trinajstić information content (AvgIpc) is 2.96. The van der Waals surface area contributed by atoms with Crippen LogP contribution in [0.25, 0.3) is 0 Å². The number of benzene rings is 1. The summed E-state index contributed by atoms with van der Waals surface area (Å²) < 4.78 is 2.13. The minimum Gasteiger partial charge on any atom is -0.269 e. The predicted octanol–water partition coefficient (Wildman–Crippen LogP) is 5.31. The number of hydrogen-bond acceptors (Lipinski definition) is 1. The Bertz CT molecular complexity index is 503. The zero-order valence-corrected chi connectivity index (χ0v) is 13.9. The Labute approximate surface area is 130 Å². The van der Waals surface area contributed by atoms with Crippen LogP contribution in [0.15, 0.2) is 42.6 Å². The summed E-state index contributed by atoms with van der Waals surface area (Å²) in [5, 5.41) is 4.71. The zero-order valence-electron chi connectivity index (χ0n) is 12.3. The first-order valence-electron chi connectivity index (χ1n) is 7.47. The zero-order chi connectivity index (χ0) is 14.4. The van der Waals surface area contributed by atoms with Crippen LogP contribution in [0.5, 0.6) is 0 Å². The molecule has 0 radical (unpaired) electrons. The van der Waals surface area contributed by atoms with Crippen LogP contribution in [0.2, 0.25) is 0 Å². The summed E-state index contributed by atoms with van der Waals surface area (Å²) in [6.07, 6.45) is 6.49. The van der Waals surface area contributed by atoms with Crippen molar-refractivity contribution in [2.45, 2.75) is 50.4 Å². The van der Waals surface area contributed by atoms with Gasteiger partial charge in [-0.15, -0.1) is 0 Å². The van der Waals surface area contributed by atoms with Crippen molar-refractivity contribution in [3.63, 3.8) is 0 Å². The maximum absolute atomic E-state index is 4.71. The molecule has 108 valence electrons. The molecule has 1 aromatic heterocycles. The van der Waals surface area contributed by atoms with Crippen molar-refractivity contribution in [3.8, 4) is 0 Å². The van der Waals surface area contributed by atoms with Crippen molar-refractivity contribution in [1.29, 1.82) is 0 Å². The molecule has 3 heteroatoms. The topological polar surface area (TPSA) is 17.8 Å². The van der Waals surface area contributed by atoms with E-state index >= 15 is 0 Å². The van der Waals surface area contributed by atoms with Crippen LogP contribution in [0.4, 0.5) is 0 Å². The summed E-state index contributed by atoms with van der Waals surface area (Å²) in [4.78, 5) is 0.405. The summed E-state index contributed by atoms with van der Waals surface area (Å²) in [5.74, 6) is 0. The lowest BCUT2D eigenvalue weighted by molar-refractivity contribution is 0.425. The molecule has 0 aliphatic heterocycles. The Morgan fingerprint density at radius 2 is 1.80 bits per heavy atom. The van der Waals surface area contributed by atoms with Gasteiger partial charge in [-0.3, -0.25) is 4.68 Å². The first-order valence-corrected chi connectivity index (χ1v) is 8.39. The Balaban J connectivity index is 1.91. The van der Waals surface area contributed by atoms with Crippen LogP contribution >= 0.6 is 15.9 Å². The van der Waals surface area contributed by atoms with E-state index in [2.05, 4.69) is 77.1 Å². The maximum Gasteiger partial charge on any atom is 0.0625 e. The molecular weight excluding hydrogens is 312 g/mol. The molecule has 1 heterocycles. The average molecular weight is 335 g/mol.